The van der Waals surface area contributed by atoms with E-state index in [-0.39, 0.29) is 18.2 Å². The van der Waals surface area contributed by atoms with Gasteiger partial charge in [0.15, 0.2) is 10.9 Å². The van der Waals surface area contributed by atoms with Crippen molar-refractivity contribution < 1.29 is 9.59 Å². The van der Waals surface area contributed by atoms with E-state index in [1.165, 1.54) is 23.1 Å². The molecule has 1 amide bonds. The first-order valence-electron chi connectivity index (χ1n) is 6.71. The van der Waals surface area contributed by atoms with Crippen LogP contribution in [-0.4, -0.2) is 36.9 Å². The van der Waals surface area contributed by atoms with Crippen molar-refractivity contribution in [2.24, 2.45) is 0 Å². The van der Waals surface area contributed by atoms with Gasteiger partial charge in [-0.1, -0.05) is 30.3 Å². The summed E-state index contributed by atoms with van der Waals surface area (Å²) in [6.07, 6.45) is 0. The highest BCUT2D eigenvalue weighted by Crippen LogP contribution is 2.16. The van der Waals surface area contributed by atoms with Crippen LogP contribution in [0.25, 0.3) is 11.4 Å². The molecule has 3 rings (SSSR count). The van der Waals surface area contributed by atoms with Crippen LogP contribution >= 0.6 is 11.3 Å². The van der Waals surface area contributed by atoms with Crippen LogP contribution in [0.15, 0.2) is 35.7 Å². The Morgan fingerprint density at radius 1 is 1.26 bits per heavy atom. The van der Waals surface area contributed by atoms with Crippen LogP contribution in [0.3, 0.4) is 0 Å². The normalized spacial score (nSPS) is 10.5. The van der Waals surface area contributed by atoms with Gasteiger partial charge in [-0.3, -0.25) is 9.59 Å². The number of hydrogen-bond donors (Lipinski definition) is 1. The van der Waals surface area contributed by atoms with Crippen molar-refractivity contribution >= 4 is 28.2 Å². The fourth-order valence-corrected chi connectivity index (χ4v) is 2.56. The van der Waals surface area contributed by atoms with Crippen LogP contribution in [-0.2, 0) is 11.3 Å². The summed E-state index contributed by atoms with van der Waals surface area (Å²) in [7, 11) is 0. The molecule has 0 aliphatic heterocycles. The average molecular weight is 328 g/mol. The molecular weight excluding hydrogens is 316 g/mol. The van der Waals surface area contributed by atoms with Crippen LogP contribution in [0.5, 0.6) is 0 Å². The minimum atomic E-state index is -0.341. The number of aromatic nitrogens is 5. The van der Waals surface area contributed by atoms with Gasteiger partial charge in [0, 0.05) is 17.9 Å². The Morgan fingerprint density at radius 2 is 2.04 bits per heavy atom. The average Bonchev–Trinajstić information content (AvgIpc) is 3.18. The molecule has 3 aromatic rings. The summed E-state index contributed by atoms with van der Waals surface area (Å²) in [6.45, 7) is 1.33. The Labute approximate surface area is 135 Å². The lowest BCUT2D eigenvalue weighted by atomic mass is 10.2. The molecule has 8 nitrogen and oxygen atoms in total. The molecule has 9 heteroatoms. The molecule has 0 spiro atoms. The van der Waals surface area contributed by atoms with Crippen molar-refractivity contribution in [2.45, 2.75) is 13.5 Å². The van der Waals surface area contributed by atoms with Gasteiger partial charge in [0.2, 0.25) is 11.7 Å². The fourth-order valence-electron chi connectivity index (χ4n) is 1.79. The molecule has 23 heavy (non-hydrogen) atoms. The number of ketones is 1. The van der Waals surface area contributed by atoms with Gasteiger partial charge in [0.25, 0.3) is 0 Å². The molecule has 0 aliphatic carbocycles. The summed E-state index contributed by atoms with van der Waals surface area (Å²) in [4.78, 5) is 28.3. The first-order chi connectivity index (χ1) is 11.1. The summed E-state index contributed by atoms with van der Waals surface area (Å²) in [6, 6.07) is 9.36. The largest absolute Gasteiger partial charge is 0.300 e. The van der Waals surface area contributed by atoms with E-state index in [9.17, 15) is 9.59 Å². The highest BCUT2D eigenvalue weighted by atomic mass is 32.1. The van der Waals surface area contributed by atoms with Crippen LogP contribution in [0.4, 0.5) is 5.13 Å². The van der Waals surface area contributed by atoms with E-state index in [4.69, 9.17) is 0 Å². The second-order valence-corrected chi connectivity index (χ2v) is 5.51. The molecule has 0 aliphatic rings. The van der Waals surface area contributed by atoms with Crippen LogP contribution in [0.1, 0.15) is 17.4 Å². The number of hydrogen-bond acceptors (Lipinski definition) is 7. The third kappa shape index (κ3) is 3.64. The van der Waals surface area contributed by atoms with Gasteiger partial charge in [0.05, 0.1) is 0 Å². The Morgan fingerprint density at radius 3 is 2.74 bits per heavy atom. The number of Topliss-reactive ketones (excluding diaryl/α,β-unsaturated/α-hetero) is 1. The number of anilines is 1. The van der Waals surface area contributed by atoms with Gasteiger partial charge in [-0.25, -0.2) is 4.98 Å². The summed E-state index contributed by atoms with van der Waals surface area (Å²) in [5.74, 6) is -0.0369. The van der Waals surface area contributed by atoms with Crippen molar-refractivity contribution in [1.29, 1.82) is 0 Å². The number of nitrogens with zero attached hydrogens (tertiary/aromatic N) is 5. The predicted octanol–water partition coefficient (Wildman–Crippen LogP) is 1.64. The highest BCUT2D eigenvalue weighted by molar-refractivity contribution is 7.14. The Kier molecular flexibility index (Phi) is 4.20. The topological polar surface area (TPSA) is 103 Å². The molecular formula is C14H12N6O2S. The van der Waals surface area contributed by atoms with E-state index in [1.54, 1.807) is 5.38 Å². The number of nitrogens with one attached hydrogen (secondary N) is 1. The van der Waals surface area contributed by atoms with E-state index in [2.05, 4.69) is 25.7 Å². The van der Waals surface area contributed by atoms with E-state index in [0.717, 1.165) is 5.56 Å². The lowest BCUT2D eigenvalue weighted by Gasteiger charge is -1.99. The smallest absolute Gasteiger partial charge is 0.249 e. The quantitative estimate of drug-likeness (QED) is 0.714. The van der Waals surface area contributed by atoms with Crippen molar-refractivity contribution in [3.63, 3.8) is 0 Å². The zero-order valence-corrected chi connectivity index (χ0v) is 12.9. The first-order valence-corrected chi connectivity index (χ1v) is 7.59. The van der Waals surface area contributed by atoms with Crippen LogP contribution in [0, 0.1) is 0 Å². The number of carbonyl (C=O) groups is 2. The standard InChI is InChI=1S/C14H12N6O2S/c1-9(21)11-8-23-14(15-11)16-12(22)7-20-18-13(17-19-20)10-5-3-2-4-6-10/h2-6,8H,7H2,1H3,(H,15,16,22). The molecule has 1 aromatic carbocycles. The monoisotopic (exact) mass is 328 g/mol. The first kappa shape index (κ1) is 15.0. The number of rotatable bonds is 5. The van der Waals surface area contributed by atoms with Crippen molar-refractivity contribution in [2.75, 3.05) is 5.32 Å². The Hall–Kier alpha value is -2.94. The van der Waals surface area contributed by atoms with Gasteiger partial charge >= 0.3 is 0 Å². The van der Waals surface area contributed by atoms with Crippen molar-refractivity contribution in [3.05, 3.63) is 41.4 Å². The van der Waals surface area contributed by atoms with Gasteiger partial charge in [0.1, 0.15) is 12.2 Å². The maximum atomic E-state index is 11.9. The molecule has 2 heterocycles. The van der Waals surface area contributed by atoms with E-state index in [0.29, 0.717) is 16.6 Å². The number of benzene rings is 1. The van der Waals surface area contributed by atoms with Crippen molar-refractivity contribution in [1.82, 2.24) is 25.2 Å². The summed E-state index contributed by atoms with van der Waals surface area (Å²) in [5, 5.41) is 16.5. The van der Waals surface area contributed by atoms with Gasteiger partial charge in [-0.05, 0) is 5.21 Å². The van der Waals surface area contributed by atoms with Crippen molar-refractivity contribution in [3.8, 4) is 11.4 Å². The molecule has 0 atom stereocenters. The predicted molar refractivity (Wildman–Crippen MR) is 84.0 cm³/mol. The number of thiazole rings is 1. The molecule has 1 N–H and O–H groups in total. The molecule has 0 radical (unpaired) electrons. The summed E-state index contributed by atoms with van der Waals surface area (Å²) >= 11 is 1.19. The summed E-state index contributed by atoms with van der Waals surface area (Å²) < 4.78 is 0. The Bertz CT molecular complexity index is 842. The van der Waals surface area contributed by atoms with E-state index < -0.39 is 0 Å². The van der Waals surface area contributed by atoms with Crippen LogP contribution in [0.2, 0.25) is 0 Å². The van der Waals surface area contributed by atoms with Gasteiger partial charge in [-0.2, -0.15) is 4.80 Å². The van der Waals surface area contributed by atoms with E-state index in [1.807, 2.05) is 30.3 Å². The lowest BCUT2D eigenvalue weighted by Crippen LogP contribution is -2.20. The zero-order valence-electron chi connectivity index (χ0n) is 12.1. The Balaban J connectivity index is 1.64. The molecule has 0 saturated carbocycles. The fraction of sp³-hybridized carbons (Fsp3) is 0.143. The highest BCUT2D eigenvalue weighted by Gasteiger charge is 2.12. The molecule has 0 saturated heterocycles. The number of carbonyl (C=O) groups excluding carboxylic acids is 2. The van der Waals surface area contributed by atoms with Gasteiger partial charge in [-0.15, -0.1) is 21.5 Å². The minimum Gasteiger partial charge on any atom is -0.300 e. The SMILES string of the molecule is CC(=O)c1csc(NC(=O)Cn2nnc(-c3ccccc3)n2)n1. The maximum absolute atomic E-state index is 11.9. The third-order valence-electron chi connectivity index (χ3n) is 2.88. The molecule has 0 bridgehead atoms. The molecule has 2 aromatic heterocycles. The number of amides is 1. The second-order valence-electron chi connectivity index (χ2n) is 4.65. The van der Waals surface area contributed by atoms with E-state index >= 15 is 0 Å². The number of tetrazole rings is 1. The summed E-state index contributed by atoms with van der Waals surface area (Å²) in [5.41, 5.74) is 1.15. The zero-order chi connectivity index (χ0) is 16.2. The third-order valence-corrected chi connectivity index (χ3v) is 3.64. The minimum absolute atomic E-state index is 0.0885. The van der Waals surface area contributed by atoms with Crippen LogP contribution < -0.4 is 5.32 Å². The molecule has 0 unspecified atom stereocenters. The van der Waals surface area contributed by atoms with Gasteiger partial charge < -0.3 is 5.32 Å². The lowest BCUT2D eigenvalue weighted by molar-refractivity contribution is -0.117. The molecule has 116 valence electrons. The second kappa shape index (κ2) is 6.44. The maximum Gasteiger partial charge on any atom is 0.249 e. The molecule has 0 fully saturated rings.